The van der Waals surface area contributed by atoms with Crippen molar-refractivity contribution in [2.45, 2.75) is 32.7 Å². The first-order valence-electron chi connectivity index (χ1n) is 4.85. The SMILES string of the molecule is CCC1CC1Nc1ccnc(C)n1. The second kappa shape index (κ2) is 3.32. The molecule has 0 aromatic carbocycles. The fourth-order valence-corrected chi connectivity index (χ4v) is 1.60. The van der Waals surface area contributed by atoms with Crippen molar-refractivity contribution in [3.63, 3.8) is 0 Å². The first-order valence-corrected chi connectivity index (χ1v) is 4.85. The summed E-state index contributed by atoms with van der Waals surface area (Å²) >= 11 is 0. The molecule has 1 heterocycles. The lowest BCUT2D eigenvalue weighted by Crippen LogP contribution is -2.06. The van der Waals surface area contributed by atoms with Gasteiger partial charge in [0.25, 0.3) is 0 Å². The van der Waals surface area contributed by atoms with Crippen molar-refractivity contribution in [3.05, 3.63) is 18.1 Å². The minimum absolute atomic E-state index is 0.652. The van der Waals surface area contributed by atoms with Crippen molar-refractivity contribution < 1.29 is 0 Å². The molecule has 3 heteroatoms. The third kappa shape index (κ3) is 1.97. The van der Waals surface area contributed by atoms with Gasteiger partial charge in [0.1, 0.15) is 11.6 Å². The number of rotatable bonds is 3. The van der Waals surface area contributed by atoms with Gasteiger partial charge in [-0.1, -0.05) is 13.3 Å². The van der Waals surface area contributed by atoms with Crippen LogP contribution in [-0.4, -0.2) is 16.0 Å². The van der Waals surface area contributed by atoms with E-state index in [1.54, 1.807) is 6.20 Å². The minimum atomic E-state index is 0.652. The van der Waals surface area contributed by atoms with Crippen LogP contribution in [0.2, 0.25) is 0 Å². The van der Waals surface area contributed by atoms with E-state index in [1.807, 2.05) is 13.0 Å². The second-order valence-corrected chi connectivity index (χ2v) is 3.64. The summed E-state index contributed by atoms with van der Waals surface area (Å²) in [5.74, 6) is 2.66. The molecule has 1 fully saturated rings. The Labute approximate surface area is 78.6 Å². The Morgan fingerprint density at radius 3 is 3.08 bits per heavy atom. The maximum atomic E-state index is 4.30. The van der Waals surface area contributed by atoms with Crippen molar-refractivity contribution in [1.82, 2.24) is 9.97 Å². The summed E-state index contributed by atoms with van der Waals surface area (Å²) in [5, 5.41) is 3.41. The third-order valence-corrected chi connectivity index (χ3v) is 2.56. The Morgan fingerprint density at radius 2 is 2.46 bits per heavy atom. The Bertz CT molecular complexity index is 298. The predicted molar refractivity (Wildman–Crippen MR) is 52.6 cm³/mol. The average Bonchev–Trinajstić information content (AvgIpc) is 2.83. The highest BCUT2D eigenvalue weighted by molar-refractivity contribution is 5.36. The molecule has 1 aliphatic carbocycles. The van der Waals surface area contributed by atoms with Gasteiger partial charge in [0.2, 0.25) is 0 Å². The predicted octanol–water partition coefficient (Wildman–Crippen LogP) is 2.00. The van der Waals surface area contributed by atoms with Gasteiger partial charge in [0.05, 0.1) is 0 Å². The summed E-state index contributed by atoms with van der Waals surface area (Å²) < 4.78 is 0. The van der Waals surface area contributed by atoms with Crippen LogP contribution in [0, 0.1) is 12.8 Å². The molecule has 0 bridgehead atoms. The largest absolute Gasteiger partial charge is 0.367 e. The molecule has 1 aliphatic rings. The Kier molecular flexibility index (Phi) is 2.17. The maximum absolute atomic E-state index is 4.30. The molecule has 1 saturated carbocycles. The van der Waals surface area contributed by atoms with Crippen molar-refractivity contribution in [2.75, 3.05) is 5.32 Å². The number of hydrogen-bond donors (Lipinski definition) is 1. The van der Waals surface area contributed by atoms with Crippen LogP contribution in [-0.2, 0) is 0 Å². The minimum Gasteiger partial charge on any atom is -0.367 e. The van der Waals surface area contributed by atoms with Crippen LogP contribution < -0.4 is 5.32 Å². The topological polar surface area (TPSA) is 37.8 Å². The number of nitrogens with one attached hydrogen (secondary N) is 1. The lowest BCUT2D eigenvalue weighted by atomic mass is 10.3. The zero-order valence-electron chi connectivity index (χ0n) is 8.12. The fourth-order valence-electron chi connectivity index (χ4n) is 1.60. The summed E-state index contributed by atoms with van der Waals surface area (Å²) in [7, 11) is 0. The van der Waals surface area contributed by atoms with Crippen molar-refractivity contribution in [1.29, 1.82) is 0 Å². The van der Waals surface area contributed by atoms with Gasteiger partial charge in [-0.05, 0) is 25.3 Å². The lowest BCUT2D eigenvalue weighted by molar-refractivity contribution is 0.772. The number of hydrogen-bond acceptors (Lipinski definition) is 3. The zero-order valence-corrected chi connectivity index (χ0v) is 8.12. The standard InChI is InChI=1S/C10H15N3/c1-3-8-6-9(8)13-10-4-5-11-7(2)12-10/h4-5,8-9H,3,6H2,1-2H3,(H,11,12,13). The molecule has 70 valence electrons. The van der Waals surface area contributed by atoms with Gasteiger partial charge >= 0.3 is 0 Å². The van der Waals surface area contributed by atoms with Crippen LogP contribution in [0.5, 0.6) is 0 Å². The molecule has 2 rings (SSSR count). The Morgan fingerprint density at radius 1 is 1.62 bits per heavy atom. The molecule has 1 aromatic heterocycles. The molecule has 3 nitrogen and oxygen atoms in total. The highest BCUT2D eigenvalue weighted by Gasteiger charge is 2.35. The van der Waals surface area contributed by atoms with E-state index in [-0.39, 0.29) is 0 Å². The molecule has 2 unspecified atom stereocenters. The molecule has 1 aromatic rings. The van der Waals surface area contributed by atoms with E-state index >= 15 is 0 Å². The summed E-state index contributed by atoms with van der Waals surface area (Å²) in [5.41, 5.74) is 0. The van der Waals surface area contributed by atoms with Crippen LogP contribution in [0.15, 0.2) is 12.3 Å². The molecule has 0 radical (unpaired) electrons. The molecule has 1 N–H and O–H groups in total. The highest BCUT2D eigenvalue weighted by atomic mass is 15.1. The molecule has 0 saturated heterocycles. The van der Waals surface area contributed by atoms with E-state index in [0.717, 1.165) is 17.6 Å². The van der Waals surface area contributed by atoms with Gasteiger partial charge < -0.3 is 5.32 Å². The van der Waals surface area contributed by atoms with Crippen LogP contribution in [0.1, 0.15) is 25.6 Å². The summed E-state index contributed by atoms with van der Waals surface area (Å²) in [6.07, 6.45) is 4.36. The second-order valence-electron chi connectivity index (χ2n) is 3.64. The highest BCUT2D eigenvalue weighted by Crippen LogP contribution is 2.35. The maximum Gasteiger partial charge on any atom is 0.129 e. The zero-order chi connectivity index (χ0) is 9.26. The number of aryl methyl sites for hydroxylation is 1. The van der Waals surface area contributed by atoms with Crippen LogP contribution >= 0.6 is 0 Å². The quantitative estimate of drug-likeness (QED) is 0.767. The Hall–Kier alpha value is -1.12. The molecule has 0 amide bonds. The fraction of sp³-hybridized carbons (Fsp3) is 0.600. The Balaban J connectivity index is 1.95. The lowest BCUT2D eigenvalue weighted by Gasteiger charge is -2.03. The van der Waals surface area contributed by atoms with E-state index in [2.05, 4.69) is 22.2 Å². The molecular formula is C10H15N3. The summed E-state index contributed by atoms with van der Waals surface area (Å²) in [6, 6.07) is 2.58. The van der Waals surface area contributed by atoms with Crippen molar-refractivity contribution in [2.24, 2.45) is 5.92 Å². The normalized spacial score (nSPS) is 25.7. The van der Waals surface area contributed by atoms with Crippen LogP contribution in [0.25, 0.3) is 0 Å². The van der Waals surface area contributed by atoms with Gasteiger partial charge in [-0.2, -0.15) is 0 Å². The van der Waals surface area contributed by atoms with Crippen LogP contribution in [0.4, 0.5) is 5.82 Å². The van der Waals surface area contributed by atoms with E-state index in [4.69, 9.17) is 0 Å². The average molecular weight is 177 g/mol. The molecule has 0 aliphatic heterocycles. The van der Waals surface area contributed by atoms with Gasteiger partial charge in [0.15, 0.2) is 0 Å². The third-order valence-electron chi connectivity index (χ3n) is 2.56. The van der Waals surface area contributed by atoms with Gasteiger partial charge in [-0.25, -0.2) is 9.97 Å². The van der Waals surface area contributed by atoms with Crippen LogP contribution in [0.3, 0.4) is 0 Å². The molecule has 2 atom stereocenters. The summed E-state index contributed by atoms with van der Waals surface area (Å²) in [6.45, 7) is 4.15. The smallest absolute Gasteiger partial charge is 0.129 e. The van der Waals surface area contributed by atoms with E-state index in [0.29, 0.717) is 6.04 Å². The van der Waals surface area contributed by atoms with Crippen molar-refractivity contribution in [3.8, 4) is 0 Å². The first kappa shape index (κ1) is 8.48. The molecular weight excluding hydrogens is 162 g/mol. The van der Waals surface area contributed by atoms with Gasteiger partial charge in [-0.3, -0.25) is 0 Å². The van der Waals surface area contributed by atoms with Gasteiger partial charge in [-0.15, -0.1) is 0 Å². The van der Waals surface area contributed by atoms with Gasteiger partial charge in [0, 0.05) is 12.2 Å². The molecule has 0 spiro atoms. The van der Waals surface area contributed by atoms with E-state index in [9.17, 15) is 0 Å². The number of nitrogens with zero attached hydrogens (tertiary/aromatic N) is 2. The first-order chi connectivity index (χ1) is 6.29. The van der Waals surface area contributed by atoms with E-state index < -0.39 is 0 Å². The monoisotopic (exact) mass is 177 g/mol. The number of anilines is 1. The number of aromatic nitrogens is 2. The molecule has 13 heavy (non-hydrogen) atoms. The summed E-state index contributed by atoms with van der Waals surface area (Å²) in [4.78, 5) is 8.36. The van der Waals surface area contributed by atoms with Crippen molar-refractivity contribution >= 4 is 5.82 Å². The van der Waals surface area contributed by atoms with E-state index in [1.165, 1.54) is 12.8 Å².